The molecule has 2 aliphatic rings. The van der Waals surface area contributed by atoms with Gasteiger partial charge in [-0.2, -0.15) is 0 Å². The van der Waals surface area contributed by atoms with Crippen molar-refractivity contribution in [2.24, 2.45) is 5.92 Å². The monoisotopic (exact) mass is 556 g/mol. The molecule has 12 heteroatoms. The number of hydrogen-bond acceptors (Lipinski definition) is 7. The van der Waals surface area contributed by atoms with Crippen LogP contribution in [0, 0.1) is 23.4 Å². The molecule has 1 aliphatic heterocycles. The van der Waals surface area contributed by atoms with Crippen LogP contribution < -0.4 is 10.6 Å². The minimum absolute atomic E-state index is 0.0165. The zero-order valence-electron chi connectivity index (χ0n) is 22.1. The van der Waals surface area contributed by atoms with E-state index in [2.05, 4.69) is 30.7 Å². The molecule has 3 heterocycles. The van der Waals surface area contributed by atoms with Crippen molar-refractivity contribution in [1.29, 1.82) is 0 Å². The summed E-state index contributed by atoms with van der Waals surface area (Å²) < 4.78 is 45.9. The average molecular weight is 557 g/mol. The van der Waals surface area contributed by atoms with Crippen molar-refractivity contribution in [2.75, 3.05) is 13.1 Å². The molecule has 1 aliphatic carbocycles. The third kappa shape index (κ3) is 6.33. The Labute approximate surface area is 229 Å². The smallest absolute Gasteiger partial charge is 0.273 e. The summed E-state index contributed by atoms with van der Waals surface area (Å²) in [6.45, 7) is 2.90. The van der Waals surface area contributed by atoms with Crippen molar-refractivity contribution in [3.05, 3.63) is 65.6 Å². The Morgan fingerprint density at radius 2 is 1.77 bits per heavy atom. The van der Waals surface area contributed by atoms with Gasteiger partial charge in [0.05, 0.1) is 29.9 Å². The minimum atomic E-state index is -0.839. The van der Waals surface area contributed by atoms with E-state index in [4.69, 9.17) is 4.52 Å². The van der Waals surface area contributed by atoms with E-state index in [0.29, 0.717) is 19.0 Å². The second-order valence-electron chi connectivity index (χ2n) is 10.5. The Balaban J connectivity index is 1.31. The highest BCUT2D eigenvalue weighted by Gasteiger charge is 2.38. The molecule has 0 bridgehead atoms. The van der Waals surface area contributed by atoms with E-state index in [-0.39, 0.29) is 28.7 Å². The summed E-state index contributed by atoms with van der Waals surface area (Å²) in [6.07, 6.45) is 8.30. The Morgan fingerprint density at radius 3 is 2.50 bits per heavy atom. The summed E-state index contributed by atoms with van der Waals surface area (Å²) in [5.41, 5.74) is -0.108. The molecule has 2 N–H and O–H groups in total. The molecule has 3 aromatic rings. The maximum atomic E-state index is 14.2. The summed E-state index contributed by atoms with van der Waals surface area (Å²) in [4.78, 5) is 36.9. The van der Waals surface area contributed by atoms with Crippen LogP contribution in [0.1, 0.15) is 67.8 Å². The standard InChI is InChI=1S/C28H31F3N6O3/c1-16(26-32-13-18(30)14-33-26)34-27(38)21-15-37(19-5-3-2-4-6-19)10-9-23(21)35-28(39)24-12-25(40-36-24)20-8-7-17(29)11-22(20)31/h7-8,11-14,16,19,21,23H,2-6,9-10,15H2,1H3,(H,34,38)(H,35,39)/t16-,21-,23-/m1/s1. The lowest BCUT2D eigenvalue weighted by atomic mass is 9.86. The number of rotatable bonds is 7. The van der Waals surface area contributed by atoms with Gasteiger partial charge in [-0.15, -0.1) is 0 Å². The molecule has 1 aromatic carbocycles. The first-order chi connectivity index (χ1) is 19.3. The first-order valence-corrected chi connectivity index (χ1v) is 13.5. The lowest BCUT2D eigenvalue weighted by Gasteiger charge is -2.43. The number of amides is 2. The summed E-state index contributed by atoms with van der Waals surface area (Å²) in [6, 6.07) is 3.62. The van der Waals surface area contributed by atoms with Crippen molar-refractivity contribution in [1.82, 2.24) is 30.7 Å². The molecule has 0 radical (unpaired) electrons. The highest BCUT2D eigenvalue weighted by Crippen LogP contribution is 2.29. The van der Waals surface area contributed by atoms with Gasteiger partial charge in [0.25, 0.3) is 5.91 Å². The molecule has 0 spiro atoms. The first kappa shape index (κ1) is 27.8. The number of nitrogens with one attached hydrogen (secondary N) is 2. The average Bonchev–Trinajstić information content (AvgIpc) is 3.44. The molecule has 212 valence electrons. The fraction of sp³-hybridized carbons (Fsp3) is 0.464. The van der Waals surface area contributed by atoms with Gasteiger partial charge in [0, 0.05) is 37.3 Å². The number of carbonyl (C=O) groups is 2. The van der Waals surface area contributed by atoms with E-state index in [1.54, 1.807) is 6.92 Å². The number of benzene rings is 1. The highest BCUT2D eigenvalue weighted by molar-refractivity contribution is 5.94. The molecule has 9 nitrogen and oxygen atoms in total. The largest absolute Gasteiger partial charge is 0.355 e. The molecule has 1 saturated carbocycles. The quantitative estimate of drug-likeness (QED) is 0.449. The highest BCUT2D eigenvalue weighted by atomic mass is 19.1. The molecule has 1 saturated heterocycles. The van der Waals surface area contributed by atoms with Gasteiger partial charge in [-0.05, 0) is 38.3 Å². The number of likely N-dealkylation sites (tertiary alicyclic amines) is 1. The van der Waals surface area contributed by atoms with E-state index >= 15 is 0 Å². The van der Waals surface area contributed by atoms with Gasteiger partial charge in [0.15, 0.2) is 17.3 Å². The molecular formula is C28H31F3N6O3. The second kappa shape index (κ2) is 12.2. The number of halogens is 3. The molecule has 2 fully saturated rings. The predicted molar refractivity (Wildman–Crippen MR) is 138 cm³/mol. The van der Waals surface area contributed by atoms with Gasteiger partial charge < -0.3 is 15.2 Å². The van der Waals surface area contributed by atoms with Gasteiger partial charge in [-0.1, -0.05) is 24.4 Å². The van der Waals surface area contributed by atoms with E-state index in [0.717, 1.165) is 56.8 Å². The number of piperidine rings is 1. The lowest BCUT2D eigenvalue weighted by molar-refractivity contribution is -0.128. The van der Waals surface area contributed by atoms with E-state index < -0.39 is 41.4 Å². The first-order valence-electron chi connectivity index (χ1n) is 13.5. The Kier molecular flexibility index (Phi) is 8.43. The van der Waals surface area contributed by atoms with E-state index in [9.17, 15) is 22.8 Å². The molecule has 0 unspecified atom stereocenters. The topological polar surface area (TPSA) is 113 Å². The van der Waals surface area contributed by atoms with Crippen LogP contribution >= 0.6 is 0 Å². The van der Waals surface area contributed by atoms with Crippen LogP contribution in [-0.4, -0.2) is 57.0 Å². The normalized spacial score (nSPS) is 21.1. The van der Waals surface area contributed by atoms with Crippen molar-refractivity contribution in [3.8, 4) is 11.3 Å². The maximum absolute atomic E-state index is 14.2. The fourth-order valence-electron chi connectivity index (χ4n) is 5.57. The van der Waals surface area contributed by atoms with Gasteiger partial charge in [-0.25, -0.2) is 23.1 Å². The number of nitrogens with zero attached hydrogens (tertiary/aromatic N) is 4. The summed E-state index contributed by atoms with van der Waals surface area (Å²) in [5, 5.41) is 9.60. The molecule has 3 atom stereocenters. The molecule has 5 rings (SSSR count). The fourth-order valence-corrected chi connectivity index (χ4v) is 5.57. The van der Waals surface area contributed by atoms with Gasteiger partial charge in [0.2, 0.25) is 5.91 Å². The summed E-state index contributed by atoms with van der Waals surface area (Å²) in [7, 11) is 0. The van der Waals surface area contributed by atoms with Crippen LogP contribution in [0.3, 0.4) is 0 Å². The van der Waals surface area contributed by atoms with E-state index in [1.807, 2.05) is 0 Å². The second-order valence-corrected chi connectivity index (χ2v) is 10.5. The third-order valence-corrected chi connectivity index (χ3v) is 7.71. The molecule has 2 aromatic heterocycles. The summed E-state index contributed by atoms with van der Waals surface area (Å²) >= 11 is 0. The van der Waals surface area contributed by atoms with Crippen molar-refractivity contribution < 1.29 is 27.3 Å². The van der Waals surface area contributed by atoms with Crippen molar-refractivity contribution >= 4 is 11.8 Å². The van der Waals surface area contributed by atoms with Crippen molar-refractivity contribution in [3.63, 3.8) is 0 Å². The molecule has 2 amide bonds. The predicted octanol–water partition coefficient (Wildman–Crippen LogP) is 4.18. The summed E-state index contributed by atoms with van der Waals surface area (Å²) in [5.74, 6) is -3.31. The van der Waals surface area contributed by atoms with E-state index in [1.165, 1.54) is 18.6 Å². The molecule has 40 heavy (non-hydrogen) atoms. The van der Waals surface area contributed by atoms with Crippen molar-refractivity contribution in [2.45, 2.75) is 63.6 Å². The van der Waals surface area contributed by atoms with Crippen LogP contribution in [0.25, 0.3) is 11.3 Å². The van der Waals surface area contributed by atoms with Crippen LogP contribution in [0.5, 0.6) is 0 Å². The molecular weight excluding hydrogens is 525 g/mol. The third-order valence-electron chi connectivity index (χ3n) is 7.71. The van der Waals surface area contributed by atoms with Gasteiger partial charge >= 0.3 is 0 Å². The van der Waals surface area contributed by atoms with Gasteiger partial charge in [-0.3, -0.25) is 14.5 Å². The number of carbonyl (C=O) groups excluding carboxylic acids is 2. The van der Waals surface area contributed by atoms with Crippen LogP contribution in [0.15, 0.2) is 41.2 Å². The Bertz CT molecular complexity index is 1350. The number of aromatic nitrogens is 3. The lowest BCUT2D eigenvalue weighted by Crippen LogP contribution is -2.58. The number of hydrogen-bond donors (Lipinski definition) is 2. The van der Waals surface area contributed by atoms with Crippen LogP contribution in [0.2, 0.25) is 0 Å². The minimum Gasteiger partial charge on any atom is -0.355 e. The zero-order valence-corrected chi connectivity index (χ0v) is 22.1. The van der Waals surface area contributed by atoms with Gasteiger partial charge in [0.1, 0.15) is 17.5 Å². The van der Waals surface area contributed by atoms with Crippen LogP contribution in [-0.2, 0) is 4.79 Å². The Hall–Kier alpha value is -3.80. The van der Waals surface area contributed by atoms with Crippen LogP contribution in [0.4, 0.5) is 13.2 Å². The zero-order chi connectivity index (χ0) is 28.2. The maximum Gasteiger partial charge on any atom is 0.273 e. The Morgan fingerprint density at radius 1 is 1.02 bits per heavy atom. The SMILES string of the molecule is C[C@@H](NC(=O)[C@@H]1CN(C2CCCCC2)CC[C@H]1NC(=O)c1cc(-c2ccc(F)cc2F)on1)c1ncc(F)cn1.